The molecule has 0 aliphatic heterocycles. The summed E-state index contributed by atoms with van der Waals surface area (Å²) in [5.41, 5.74) is 2.60. The van der Waals surface area contributed by atoms with E-state index in [1.165, 1.54) is 11.1 Å². The third kappa shape index (κ3) is 13.0. The molecule has 0 heteroatoms. The molecule has 0 fully saturated rings. The molecule has 94 valence electrons. The molecule has 16 heavy (non-hydrogen) atoms. The summed E-state index contributed by atoms with van der Waals surface area (Å²) >= 11 is 0. The van der Waals surface area contributed by atoms with Crippen molar-refractivity contribution < 1.29 is 0 Å². The molecule has 0 aliphatic rings. The summed E-state index contributed by atoms with van der Waals surface area (Å²) in [6.07, 6.45) is 4.15. The Kier molecular flexibility index (Phi) is 24.9. The number of hydrogen-bond donors (Lipinski definition) is 0. The first-order chi connectivity index (χ1) is 7.83. The van der Waals surface area contributed by atoms with E-state index in [9.17, 15) is 0 Å². The molecule has 0 spiro atoms. The number of aryl methyl sites for hydroxylation is 1. The number of hydrogen-bond acceptors (Lipinski definition) is 0. The van der Waals surface area contributed by atoms with Crippen LogP contribution in [0.2, 0.25) is 0 Å². The van der Waals surface area contributed by atoms with E-state index in [2.05, 4.69) is 43.3 Å². The van der Waals surface area contributed by atoms with Gasteiger partial charge >= 0.3 is 0 Å². The van der Waals surface area contributed by atoms with E-state index in [0.29, 0.717) is 0 Å². The van der Waals surface area contributed by atoms with E-state index >= 15 is 0 Å². The zero-order valence-electron chi connectivity index (χ0n) is 12.5. The Hall–Kier alpha value is -1.04. The Morgan fingerprint density at radius 2 is 1.38 bits per heavy atom. The van der Waals surface area contributed by atoms with Gasteiger partial charge in [-0.05, 0) is 19.4 Å². The number of rotatable bonds is 1. The predicted octanol–water partition coefficient (Wildman–Crippen LogP) is 6.11. The summed E-state index contributed by atoms with van der Waals surface area (Å²) in [5, 5.41) is 0. The van der Waals surface area contributed by atoms with Crippen molar-refractivity contribution in [2.75, 3.05) is 0 Å². The Morgan fingerprint density at radius 1 is 0.875 bits per heavy atom. The summed E-state index contributed by atoms with van der Waals surface area (Å²) in [6, 6.07) is 8.45. The normalized spacial score (nSPS) is 7.75. The van der Waals surface area contributed by atoms with E-state index in [1.54, 1.807) is 0 Å². The highest BCUT2D eigenvalue weighted by Crippen LogP contribution is 2.04. The van der Waals surface area contributed by atoms with Crippen LogP contribution in [-0.2, 0) is 0 Å². The molecular formula is C16H30. The van der Waals surface area contributed by atoms with Crippen molar-refractivity contribution in [3.8, 4) is 0 Å². The van der Waals surface area contributed by atoms with Gasteiger partial charge in [0, 0.05) is 0 Å². The van der Waals surface area contributed by atoms with Crippen molar-refractivity contribution in [3.63, 3.8) is 0 Å². The summed E-state index contributed by atoms with van der Waals surface area (Å²) in [5.74, 6) is 0. The van der Waals surface area contributed by atoms with Gasteiger partial charge in [-0.2, -0.15) is 0 Å². The molecule has 0 bridgehead atoms. The lowest BCUT2D eigenvalue weighted by molar-refractivity contribution is 1.46. The Balaban J connectivity index is -0.000000245. The van der Waals surface area contributed by atoms with Crippen molar-refractivity contribution in [2.45, 2.75) is 55.4 Å². The fraction of sp³-hybridized carbons (Fsp3) is 0.500. The lowest BCUT2D eigenvalue weighted by Gasteiger charge is -1.93. The molecule has 0 saturated carbocycles. The van der Waals surface area contributed by atoms with Gasteiger partial charge in [-0.1, -0.05) is 83.5 Å². The molecule has 0 aliphatic carbocycles. The first-order valence-corrected chi connectivity index (χ1v) is 6.52. The van der Waals surface area contributed by atoms with E-state index in [1.807, 2.05) is 48.5 Å². The van der Waals surface area contributed by atoms with Crippen molar-refractivity contribution in [2.24, 2.45) is 0 Å². The summed E-state index contributed by atoms with van der Waals surface area (Å²) in [4.78, 5) is 0. The van der Waals surface area contributed by atoms with E-state index < -0.39 is 0 Å². The maximum Gasteiger partial charge on any atom is -0.0257 e. The molecule has 0 radical (unpaired) electrons. The van der Waals surface area contributed by atoms with Crippen molar-refractivity contribution >= 4 is 6.08 Å². The fourth-order valence-corrected chi connectivity index (χ4v) is 0.966. The molecule has 1 aromatic carbocycles. The fourth-order valence-electron chi connectivity index (χ4n) is 0.966. The highest BCUT2D eigenvalue weighted by molar-refractivity contribution is 5.49. The van der Waals surface area contributed by atoms with Crippen LogP contribution in [0.3, 0.4) is 0 Å². The molecule has 0 aromatic heterocycles. The monoisotopic (exact) mass is 222 g/mol. The second kappa shape index (κ2) is 19.5. The van der Waals surface area contributed by atoms with Crippen LogP contribution >= 0.6 is 0 Å². The van der Waals surface area contributed by atoms with Crippen LogP contribution in [0.4, 0.5) is 0 Å². The van der Waals surface area contributed by atoms with Crippen LogP contribution in [0.5, 0.6) is 0 Å². The maximum absolute atomic E-state index is 2.17. The van der Waals surface area contributed by atoms with Crippen molar-refractivity contribution in [3.05, 3.63) is 41.5 Å². The van der Waals surface area contributed by atoms with Crippen LogP contribution in [0.25, 0.3) is 6.08 Å². The van der Waals surface area contributed by atoms with Gasteiger partial charge < -0.3 is 0 Å². The predicted molar refractivity (Wildman–Crippen MR) is 79.9 cm³/mol. The van der Waals surface area contributed by atoms with Gasteiger partial charge in [-0.15, -0.1) is 0 Å². The number of allylic oxidation sites excluding steroid dienone is 1. The quantitative estimate of drug-likeness (QED) is 0.538. The van der Waals surface area contributed by atoms with Gasteiger partial charge in [-0.25, -0.2) is 0 Å². The molecule has 1 rings (SSSR count). The van der Waals surface area contributed by atoms with E-state index in [-0.39, 0.29) is 0 Å². The third-order valence-electron chi connectivity index (χ3n) is 1.40. The van der Waals surface area contributed by atoms with Crippen LogP contribution in [0.15, 0.2) is 30.3 Å². The summed E-state index contributed by atoms with van der Waals surface area (Å²) < 4.78 is 0. The summed E-state index contributed by atoms with van der Waals surface area (Å²) in [6.45, 7) is 16.1. The zero-order chi connectivity index (χ0) is 13.4. The summed E-state index contributed by atoms with van der Waals surface area (Å²) in [7, 11) is 0. The Morgan fingerprint density at radius 3 is 1.75 bits per heavy atom. The highest BCUT2D eigenvalue weighted by atomic mass is 13.9. The molecular weight excluding hydrogens is 192 g/mol. The molecule has 0 amide bonds. The molecule has 1 aromatic rings. The van der Waals surface area contributed by atoms with Gasteiger partial charge in [0.2, 0.25) is 0 Å². The topological polar surface area (TPSA) is 0 Å². The maximum atomic E-state index is 2.17. The first-order valence-electron chi connectivity index (χ1n) is 6.52. The molecule has 0 N–H and O–H groups in total. The smallest absolute Gasteiger partial charge is 0.0257 e. The van der Waals surface area contributed by atoms with Gasteiger partial charge in [0.25, 0.3) is 0 Å². The standard InChI is InChI=1S/C10H12.3C2H6/c1-3-5-10-7-4-6-9(2)8-10;3*1-2/h3-8H,1-2H3;3*1-2H3/b5-3+;;;. The van der Waals surface area contributed by atoms with E-state index in [0.717, 1.165) is 0 Å². The van der Waals surface area contributed by atoms with Crippen LogP contribution < -0.4 is 0 Å². The second-order valence-electron chi connectivity index (χ2n) is 2.41. The zero-order valence-corrected chi connectivity index (χ0v) is 12.5. The largest absolute Gasteiger partial charge is 0.0871 e. The van der Waals surface area contributed by atoms with Gasteiger partial charge in [-0.3, -0.25) is 0 Å². The highest BCUT2D eigenvalue weighted by Gasteiger charge is 1.84. The molecule has 0 saturated heterocycles. The first kappa shape index (κ1) is 20.4. The molecule has 0 heterocycles. The van der Waals surface area contributed by atoms with Crippen LogP contribution in [0.1, 0.15) is 59.6 Å². The van der Waals surface area contributed by atoms with Gasteiger partial charge in [0.15, 0.2) is 0 Å². The van der Waals surface area contributed by atoms with E-state index in [4.69, 9.17) is 0 Å². The van der Waals surface area contributed by atoms with Crippen LogP contribution in [0, 0.1) is 6.92 Å². The minimum atomic E-state index is 1.28. The van der Waals surface area contributed by atoms with Crippen molar-refractivity contribution in [1.29, 1.82) is 0 Å². The van der Waals surface area contributed by atoms with Crippen LogP contribution in [-0.4, -0.2) is 0 Å². The molecule has 0 atom stereocenters. The van der Waals surface area contributed by atoms with Crippen molar-refractivity contribution in [1.82, 2.24) is 0 Å². The molecule has 0 unspecified atom stereocenters. The lowest BCUT2D eigenvalue weighted by atomic mass is 10.1. The minimum absolute atomic E-state index is 1.28. The average Bonchev–Trinajstić information content (AvgIpc) is 2.37. The average molecular weight is 222 g/mol. The van der Waals surface area contributed by atoms with Gasteiger partial charge in [0.1, 0.15) is 0 Å². The Labute approximate surface area is 103 Å². The minimum Gasteiger partial charge on any atom is -0.0871 e. The Bertz CT molecular complexity index is 234. The lowest BCUT2D eigenvalue weighted by Crippen LogP contribution is -1.72. The molecule has 0 nitrogen and oxygen atoms in total. The number of benzene rings is 1. The second-order valence-corrected chi connectivity index (χ2v) is 2.41. The SMILES string of the molecule is C/C=C/c1cccc(C)c1.CC.CC.CC. The third-order valence-corrected chi connectivity index (χ3v) is 1.40. The van der Waals surface area contributed by atoms with Gasteiger partial charge in [0.05, 0.1) is 0 Å².